The largest absolute Gasteiger partial charge is 0.300 e. The first kappa shape index (κ1) is 13.7. The second kappa shape index (κ2) is 5.35. The van der Waals surface area contributed by atoms with Gasteiger partial charge in [0.25, 0.3) is 0 Å². The summed E-state index contributed by atoms with van der Waals surface area (Å²) in [5.41, 5.74) is 0.586. The van der Waals surface area contributed by atoms with Gasteiger partial charge in [-0.2, -0.15) is 0 Å². The third-order valence-corrected chi connectivity index (χ3v) is 6.12. The molecule has 0 aromatic heterocycles. The Balaban J connectivity index is 1.42. The third-order valence-electron chi connectivity index (χ3n) is 6.12. The van der Waals surface area contributed by atoms with Gasteiger partial charge in [0.1, 0.15) is 0 Å². The molecule has 1 aromatic rings. The highest BCUT2D eigenvalue weighted by molar-refractivity contribution is 5.23. The summed E-state index contributed by atoms with van der Waals surface area (Å²) in [5.74, 6) is 0.741. The first-order valence-electron chi connectivity index (χ1n) is 8.40. The molecule has 0 N–H and O–H groups in total. The lowest BCUT2D eigenvalue weighted by atomic mass is 9.86. The van der Waals surface area contributed by atoms with E-state index in [1.165, 1.54) is 31.7 Å². The molecule has 1 saturated heterocycles. The van der Waals surface area contributed by atoms with Crippen molar-refractivity contribution in [2.75, 3.05) is 13.1 Å². The number of halogens is 2. The van der Waals surface area contributed by atoms with Crippen molar-refractivity contribution in [2.24, 2.45) is 11.8 Å². The average Bonchev–Trinajstić information content (AvgIpc) is 3.13. The van der Waals surface area contributed by atoms with Crippen molar-refractivity contribution < 1.29 is 8.78 Å². The molecule has 1 aromatic carbocycles. The predicted octanol–water partition coefficient (Wildman–Crippen LogP) is 4.33. The minimum absolute atomic E-state index is 0.190. The minimum Gasteiger partial charge on any atom is -0.300 e. The maximum absolute atomic E-state index is 13.9. The molecule has 2 aliphatic carbocycles. The van der Waals surface area contributed by atoms with Crippen LogP contribution in [0.25, 0.3) is 0 Å². The Bertz CT molecular complexity index is 522. The van der Waals surface area contributed by atoms with Crippen LogP contribution < -0.4 is 0 Å². The molecule has 0 amide bonds. The zero-order valence-corrected chi connectivity index (χ0v) is 12.4. The smallest absolute Gasteiger partial charge is 0.162 e. The van der Waals surface area contributed by atoms with Crippen molar-refractivity contribution in [1.29, 1.82) is 0 Å². The zero-order valence-electron chi connectivity index (χ0n) is 12.4. The number of piperidine rings is 1. The van der Waals surface area contributed by atoms with E-state index in [1.54, 1.807) is 12.1 Å². The number of benzene rings is 1. The molecule has 3 atom stereocenters. The Morgan fingerprint density at radius 2 is 1.76 bits per heavy atom. The van der Waals surface area contributed by atoms with E-state index in [2.05, 4.69) is 4.90 Å². The number of fused-ring (bicyclic) bond motifs is 2. The van der Waals surface area contributed by atoms with Gasteiger partial charge in [-0.3, -0.25) is 0 Å². The molecule has 3 heteroatoms. The summed E-state index contributed by atoms with van der Waals surface area (Å²) in [5, 5.41) is 0. The number of rotatable bonds is 2. The fourth-order valence-electron chi connectivity index (χ4n) is 5.04. The molecule has 4 rings (SSSR count). The number of hydrogen-bond donors (Lipinski definition) is 0. The van der Waals surface area contributed by atoms with Crippen molar-refractivity contribution in [3.8, 4) is 0 Å². The van der Waals surface area contributed by atoms with E-state index in [0.717, 1.165) is 43.8 Å². The number of nitrogens with zero attached hydrogens (tertiary/aromatic N) is 1. The summed E-state index contributed by atoms with van der Waals surface area (Å²) in [4.78, 5) is 2.64. The lowest BCUT2D eigenvalue weighted by Gasteiger charge is -2.39. The van der Waals surface area contributed by atoms with Crippen LogP contribution in [-0.2, 0) is 0 Å². The molecule has 0 spiro atoms. The van der Waals surface area contributed by atoms with Crippen LogP contribution in [0.5, 0.6) is 0 Å². The van der Waals surface area contributed by atoms with Crippen LogP contribution in [0.1, 0.15) is 50.0 Å². The summed E-state index contributed by atoms with van der Waals surface area (Å²) in [7, 11) is 0. The molecular formula is C18H23F2N. The summed E-state index contributed by atoms with van der Waals surface area (Å²) < 4.78 is 27.3. The Hall–Kier alpha value is -0.960. The quantitative estimate of drug-likeness (QED) is 0.784. The normalized spacial score (nSPS) is 33.7. The van der Waals surface area contributed by atoms with E-state index in [0.29, 0.717) is 5.56 Å². The standard InChI is InChI=1S/C18H23F2N/c19-16-3-1-2-15(18(16)20)13-6-8-21(9-7-13)17-11-12-4-5-14(17)10-12/h1-3,12-14,17H,4-11H2/t12-,14-,17-/m0/s1. The molecule has 2 bridgehead atoms. The van der Waals surface area contributed by atoms with Crippen molar-refractivity contribution in [1.82, 2.24) is 4.90 Å². The van der Waals surface area contributed by atoms with Crippen LogP contribution in [0.2, 0.25) is 0 Å². The summed E-state index contributed by atoms with van der Waals surface area (Å²) in [6, 6.07) is 5.39. The van der Waals surface area contributed by atoms with Crippen molar-refractivity contribution in [3.05, 3.63) is 35.4 Å². The average molecular weight is 291 g/mol. The van der Waals surface area contributed by atoms with Gasteiger partial charge >= 0.3 is 0 Å². The van der Waals surface area contributed by atoms with Gasteiger partial charge in [-0.05, 0) is 74.6 Å². The Labute approximate surface area is 125 Å². The maximum Gasteiger partial charge on any atom is 0.162 e. The van der Waals surface area contributed by atoms with E-state index in [9.17, 15) is 8.78 Å². The zero-order chi connectivity index (χ0) is 14.4. The molecule has 1 heterocycles. The van der Waals surface area contributed by atoms with Crippen LogP contribution in [0.4, 0.5) is 8.78 Å². The Kier molecular flexibility index (Phi) is 3.49. The monoisotopic (exact) mass is 291 g/mol. The molecule has 3 fully saturated rings. The SMILES string of the molecule is Fc1cccc(C2CCN([C@H]3C[C@H]4CC[C@H]3C4)CC2)c1F. The van der Waals surface area contributed by atoms with E-state index in [-0.39, 0.29) is 5.92 Å². The van der Waals surface area contributed by atoms with Gasteiger partial charge in [0.2, 0.25) is 0 Å². The van der Waals surface area contributed by atoms with Crippen LogP contribution in [-0.4, -0.2) is 24.0 Å². The summed E-state index contributed by atoms with van der Waals surface area (Å²) >= 11 is 0. The second-order valence-electron chi connectivity index (χ2n) is 7.20. The first-order chi connectivity index (χ1) is 10.2. The molecule has 3 aliphatic rings. The summed E-state index contributed by atoms with van der Waals surface area (Å²) in [6.07, 6.45) is 7.59. The van der Waals surface area contributed by atoms with Gasteiger partial charge in [0.05, 0.1) is 0 Å². The highest BCUT2D eigenvalue weighted by Gasteiger charge is 2.43. The lowest BCUT2D eigenvalue weighted by molar-refractivity contribution is 0.110. The van der Waals surface area contributed by atoms with Gasteiger partial charge in [0, 0.05) is 6.04 Å². The van der Waals surface area contributed by atoms with E-state index in [4.69, 9.17) is 0 Å². The molecule has 0 radical (unpaired) electrons. The van der Waals surface area contributed by atoms with Gasteiger partial charge in [0.15, 0.2) is 11.6 Å². The van der Waals surface area contributed by atoms with Crippen LogP contribution in [0.3, 0.4) is 0 Å². The molecule has 1 nitrogen and oxygen atoms in total. The fraction of sp³-hybridized carbons (Fsp3) is 0.667. The van der Waals surface area contributed by atoms with Gasteiger partial charge in [-0.15, -0.1) is 0 Å². The van der Waals surface area contributed by atoms with Gasteiger partial charge < -0.3 is 4.90 Å². The fourth-order valence-corrected chi connectivity index (χ4v) is 5.04. The Morgan fingerprint density at radius 3 is 2.43 bits per heavy atom. The molecule has 21 heavy (non-hydrogen) atoms. The molecule has 1 aliphatic heterocycles. The Morgan fingerprint density at radius 1 is 0.952 bits per heavy atom. The summed E-state index contributed by atoms with van der Waals surface area (Å²) in [6.45, 7) is 2.10. The highest BCUT2D eigenvalue weighted by atomic mass is 19.2. The highest BCUT2D eigenvalue weighted by Crippen LogP contribution is 2.47. The van der Waals surface area contributed by atoms with E-state index < -0.39 is 11.6 Å². The number of likely N-dealkylation sites (tertiary alicyclic amines) is 1. The molecule has 114 valence electrons. The van der Waals surface area contributed by atoms with Crippen LogP contribution >= 0.6 is 0 Å². The van der Waals surface area contributed by atoms with E-state index in [1.807, 2.05) is 0 Å². The topological polar surface area (TPSA) is 3.24 Å². The predicted molar refractivity (Wildman–Crippen MR) is 79.1 cm³/mol. The molecule has 2 saturated carbocycles. The van der Waals surface area contributed by atoms with Crippen molar-refractivity contribution in [3.63, 3.8) is 0 Å². The van der Waals surface area contributed by atoms with Crippen LogP contribution in [0, 0.1) is 23.5 Å². The minimum atomic E-state index is -0.706. The maximum atomic E-state index is 13.9. The van der Waals surface area contributed by atoms with Crippen molar-refractivity contribution >= 4 is 0 Å². The first-order valence-corrected chi connectivity index (χ1v) is 8.40. The number of hydrogen-bond acceptors (Lipinski definition) is 1. The van der Waals surface area contributed by atoms with Crippen LogP contribution in [0.15, 0.2) is 18.2 Å². The van der Waals surface area contributed by atoms with Gasteiger partial charge in [-0.1, -0.05) is 18.6 Å². The third kappa shape index (κ3) is 2.40. The lowest BCUT2D eigenvalue weighted by Crippen LogP contribution is -2.43. The van der Waals surface area contributed by atoms with Crippen molar-refractivity contribution in [2.45, 2.75) is 50.5 Å². The van der Waals surface area contributed by atoms with E-state index >= 15 is 0 Å². The molecule has 0 unspecified atom stereocenters. The molecular weight excluding hydrogens is 268 g/mol. The second-order valence-corrected chi connectivity index (χ2v) is 7.20. The van der Waals surface area contributed by atoms with Gasteiger partial charge in [-0.25, -0.2) is 8.78 Å².